The molecule has 532 valence electrons. The Morgan fingerprint density at radius 1 is 0.140 bits per heavy atom. The number of fused-ring (bicyclic) bond motifs is 18. The maximum Gasteiger partial charge on any atom is 0.0548 e. The van der Waals surface area contributed by atoms with E-state index in [-0.39, 0.29) is 0 Å². The van der Waals surface area contributed by atoms with E-state index < -0.39 is 0 Å². The minimum atomic E-state index is 1.15. The van der Waals surface area contributed by atoms with Crippen molar-refractivity contribution in [3.05, 3.63) is 413 Å². The van der Waals surface area contributed by atoms with Gasteiger partial charge in [0.25, 0.3) is 0 Å². The Balaban J connectivity index is 0.000000135. The summed E-state index contributed by atoms with van der Waals surface area (Å²) in [4.78, 5) is 0. The molecule has 6 aromatic heterocycles. The molecule has 6 heteroatoms. The third-order valence-electron chi connectivity index (χ3n) is 23.5. The van der Waals surface area contributed by atoms with E-state index in [9.17, 15) is 0 Å². The van der Waals surface area contributed by atoms with Crippen molar-refractivity contribution in [1.29, 1.82) is 0 Å². The Morgan fingerprint density at radius 3 is 0.754 bits per heavy atom. The van der Waals surface area contributed by atoms with Crippen LogP contribution in [0.3, 0.4) is 0 Å². The van der Waals surface area contributed by atoms with Crippen LogP contribution >= 0.6 is 22.7 Å². The van der Waals surface area contributed by atoms with Gasteiger partial charge in [0.05, 0.1) is 44.1 Å². The molecule has 0 bridgehead atoms. The summed E-state index contributed by atoms with van der Waals surface area (Å²) in [6.07, 6.45) is 0. The average molecular weight is 1490 g/mol. The SMILES string of the molecule is c1ccc(-c2ccc(-n3c4ccccc4c4cc5c(cc43)c3ccccc3n5-c3ccc(-c4ccc(-c5cccc6c5sc5ccccc56)cc4)cc3)cc2)cc1.c1ccc(-c2cccc(-n3c4ccccc4c4cc5c(cc43)c3ccccc3n5-c3ccc(-c4ccc(-c5cccc6c5sc5ccccc56)cc4)cc3)c2)cc1. The van der Waals surface area contributed by atoms with Crippen LogP contribution in [0, 0.1) is 0 Å². The number of rotatable bonds is 10. The first-order valence-corrected chi connectivity index (χ1v) is 40.6. The summed E-state index contributed by atoms with van der Waals surface area (Å²) in [6.45, 7) is 0. The van der Waals surface area contributed by atoms with Crippen LogP contribution in [-0.2, 0) is 0 Å². The molecule has 4 nitrogen and oxygen atoms in total. The molecule has 0 aliphatic rings. The number of benzene rings is 18. The molecule has 0 aliphatic carbocycles. The molecule has 0 amide bonds. The first-order valence-electron chi connectivity index (χ1n) is 39.0. The van der Waals surface area contributed by atoms with Gasteiger partial charge in [-0.15, -0.1) is 22.7 Å². The summed E-state index contributed by atoms with van der Waals surface area (Å²) in [5.74, 6) is 0. The average Bonchev–Trinajstić information content (AvgIpc) is 1.56. The predicted octanol–water partition coefficient (Wildman–Crippen LogP) is 30.5. The van der Waals surface area contributed by atoms with Gasteiger partial charge in [-0.25, -0.2) is 0 Å². The van der Waals surface area contributed by atoms with E-state index >= 15 is 0 Å². The predicted molar refractivity (Wildman–Crippen MR) is 489 cm³/mol. The second kappa shape index (κ2) is 26.7. The Labute approximate surface area is 665 Å². The highest BCUT2D eigenvalue weighted by atomic mass is 32.1. The van der Waals surface area contributed by atoms with E-state index in [1.54, 1.807) is 0 Å². The van der Waals surface area contributed by atoms with Crippen LogP contribution in [0.1, 0.15) is 0 Å². The van der Waals surface area contributed by atoms with E-state index in [4.69, 9.17) is 0 Å². The van der Waals surface area contributed by atoms with Crippen molar-refractivity contribution in [2.45, 2.75) is 0 Å². The maximum atomic E-state index is 2.44. The third-order valence-corrected chi connectivity index (χ3v) is 25.9. The summed E-state index contributed by atoms with van der Waals surface area (Å²) in [5.41, 5.74) is 29.0. The molecule has 0 N–H and O–H groups in total. The second-order valence-corrected chi connectivity index (χ2v) is 31.9. The largest absolute Gasteiger partial charge is 0.309 e. The fourth-order valence-corrected chi connectivity index (χ4v) is 20.6. The first kappa shape index (κ1) is 65.5. The molecular weight excluding hydrogens is 1420 g/mol. The first-order chi connectivity index (χ1) is 56.5. The van der Waals surface area contributed by atoms with Crippen molar-refractivity contribution >= 4 is 150 Å². The Hall–Kier alpha value is -14.4. The van der Waals surface area contributed by atoms with E-state index in [0.29, 0.717) is 0 Å². The highest BCUT2D eigenvalue weighted by Gasteiger charge is 2.23. The molecule has 0 radical (unpaired) electrons. The molecule has 6 heterocycles. The molecule has 114 heavy (non-hydrogen) atoms. The lowest BCUT2D eigenvalue weighted by atomic mass is 9.99. The zero-order valence-corrected chi connectivity index (χ0v) is 63.5. The van der Waals surface area contributed by atoms with Gasteiger partial charge >= 0.3 is 0 Å². The zero-order valence-electron chi connectivity index (χ0n) is 61.9. The lowest BCUT2D eigenvalue weighted by Crippen LogP contribution is -1.95. The fourth-order valence-electron chi connectivity index (χ4n) is 18.1. The Kier molecular flexibility index (Phi) is 15.3. The van der Waals surface area contributed by atoms with Crippen molar-refractivity contribution in [1.82, 2.24) is 18.3 Å². The van der Waals surface area contributed by atoms with Crippen LogP contribution in [0.4, 0.5) is 0 Å². The third kappa shape index (κ3) is 10.7. The van der Waals surface area contributed by atoms with Crippen molar-refractivity contribution in [2.75, 3.05) is 0 Å². The van der Waals surface area contributed by atoms with Gasteiger partial charge in [0.15, 0.2) is 0 Å². The van der Waals surface area contributed by atoms with E-state index in [0.717, 1.165) is 22.7 Å². The molecule has 24 rings (SSSR count). The Morgan fingerprint density at radius 2 is 0.395 bits per heavy atom. The second-order valence-electron chi connectivity index (χ2n) is 29.8. The number of aromatic nitrogens is 4. The molecular formula is C108H68N4S2. The molecule has 18 aromatic carbocycles. The van der Waals surface area contributed by atoms with Gasteiger partial charge in [-0.1, -0.05) is 303 Å². The normalized spacial score (nSPS) is 11.9. The molecule has 0 fully saturated rings. The van der Waals surface area contributed by atoms with Crippen LogP contribution in [0.2, 0.25) is 0 Å². The van der Waals surface area contributed by atoms with Crippen molar-refractivity contribution < 1.29 is 0 Å². The number of hydrogen-bond acceptors (Lipinski definition) is 2. The fraction of sp³-hybridized carbons (Fsp3) is 0. The molecule has 0 atom stereocenters. The van der Waals surface area contributed by atoms with E-state index in [1.165, 1.54) is 194 Å². The van der Waals surface area contributed by atoms with Gasteiger partial charge in [-0.3, -0.25) is 0 Å². The summed E-state index contributed by atoms with van der Waals surface area (Å²) in [6, 6.07) is 151. The number of thiophene rings is 2. The highest BCUT2D eigenvalue weighted by Crippen LogP contribution is 2.46. The molecule has 0 saturated heterocycles. The van der Waals surface area contributed by atoms with Gasteiger partial charge in [0.1, 0.15) is 0 Å². The summed E-state index contributed by atoms with van der Waals surface area (Å²) in [7, 11) is 0. The van der Waals surface area contributed by atoms with Gasteiger partial charge in [0.2, 0.25) is 0 Å². The minimum Gasteiger partial charge on any atom is -0.309 e. The molecule has 0 saturated carbocycles. The van der Waals surface area contributed by atoms with Crippen molar-refractivity contribution in [3.8, 4) is 89.5 Å². The number of para-hydroxylation sites is 4. The lowest BCUT2D eigenvalue weighted by molar-refractivity contribution is 1.17. The summed E-state index contributed by atoms with van der Waals surface area (Å²) < 4.78 is 15.1. The topological polar surface area (TPSA) is 19.7 Å². The van der Waals surface area contributed by atoms with Crippen LogP contribution < -0.4 is 0 Å². The smallest absolute Gasteiger partial charge is 0.0548 e. The van der Waals surface area contributed by atoms with Crippen LogP contribution in [0.5, 0.6) is 0 Å². The van der Waals surface area contributed by atoms with Crippen LogP contribution in [0.15, 0.2) is 413 Å². The quantitative estimate of drug-likeness (QED) is 0.130. The lowest BCUT2D eigenvalue weighted by Gasteiger charge is -2.11. The highest BCUT2D eigenvalue weighted by molar-refractivity contribution is 7.26. The van der Waals surface area contributed by atoms with Crippen molar-refractivity contribution in [2.24, 2.45) is 0 Å². The maximum absolute atomic E-state index is 2.44. The van der Waals surface area contributed by atoms with Gasteiger partial charge < -0.3 is 18.3 Å². The summed E-state index contributed by atoms with van der Waals surface area (Å²) in [5, 5.41) is 15.3. The van der Waals surface area contributed by atoms with Crippen LogP contribution in [-0.4, -0.2) is 18.3 Å². The van der Waals surface area contributed by atoms with Gasteiger partial charge in [-0.2, -0.15) is 0 Å². The van der Waals surface area contributed by atoms with Gasteiger partial charge in [0, 0.05) is 106 Å². The molecule has 0 aliphatic heterocycles. The molecule has 0 spiro atoms. The minimum absolute atomic E-state index is 1.15. The van der Waals surface area contributed by atoms with Gasteiger partial charge in [-0.05, 0) is 176 Å². The number of nitrogens with zero attached hydrogens (tertiary/aromatic N) is 4. The zero-order chi connectivity index (χ0) is 74.9. The molecule has 0 unspecified atom stereocenters. The number of hydrogen-bond donors (Lipinski definition) is 0. The van der Waals surface area contributed by atoms with E-state index in [1.807, 2.05) is 22.7 Å². The van der Waals surface area contributed by atoms with Crippen LogP contribution in [0.25, 0.3) is 217 Å². The molecule has 24 aromatic rings. The standard InChI is InChI=1S/2C54H34N2S/c1-2-12-35(13-3-1)39-14-10-15-41(32-39)56-50-22-8-5-17-44(50)48-33-51-47(34-52(48)56)43-16-4-7-21-49(43)55(51)40-30-28-37(29-31-40)36-24-26-38(27-25-36)42-19-11-20-46-45-18-6-9-23-53(45)57-54(42)46;1-2-11-35(12-3-1)37-25-29-40(30-26-37)55-49-18-7-4-13-43(49)47-34-52-48(33-51(47)55)44-14-5-8-19-50(44)56(52)41-31-27-38(28-32-41)36-21-23-39(24-22-36)42-16-10-17-46-45-15-6-9-20-53(45)57-54(42)46/h2*1-34H. The monoisotopic (exact) mass is 1480 g/mol. The van der Waals surface area contributed by atoms with E-state index in [2.05, 4.69) is 431 Å². The van der Waals surface area contributed by atoms with Crippen molar-refractivity contribution in [3.63, 3.8) is 0 Å². The Bertz CT molecular complexity index is 7910. The summed E-state index contributed by atoms with van der Waals surface area (Å²) >= 11 is 3.76.